The van der Waals surface area contributed by atoms with Crippen LogP contribution in [-0.4, -0.2) is 42.2 Å². The summed E-state index contributed by atoms with van der Waals surface area (Å²) >= 11 is 6.08. The fourth-order valence-electron chi connectivity index (χ4n) is 2.17. The molecule has 0 saturated carbocycles. The maximum Gasteiger partial charge on any atom is 0.223 e. The van der Waals surface area contributed by atoms with Crippen LogP contribution in [0.2, 0.25) is 5.02 Å². The van der Waals surface area contributed by atoms with Gasteiger partial charge in [0.05, 0.1) is 12.1 Å². The van der Waals surface area contributed by atoms with Gasteiger partial charge in [-0.1, -0.05) is 17.7 Å². The van der Waals surface area contributed by atoms with E-state index in [-0.39, 0.29) is 18.6 Å². The van der Waals surface area contributed by atoms with E-state index in [2.05, 4.69) is 0 Å². The van der Waals surface area contributed by atoms with Crippen LogP contribution in [0.15, 0.2) is 18.2 Å². The Labute approximate surface area is 131 Å². The number of ether oxygens (including phenoxy) is 1. The zero-order valence-corrected chi connectivity index (χ0v) is 13.7. The molecule has 0 aromatic heterocycles. The molecule has 0 aliphatic carbocycles. The number of halogens is 1. The highest BCUT2D eigenvalue weighted by Crippen LogP contribution is 2.25. The first-order valence-electron chi connectivity index (χ1n) is 7.22. The minimum absolute atomic E-state index is 0.102. The highest BCUT2D eigenvalue weighted by molar-refractivity contribution is 6.32. The molecule has 0 radical (unpaired) electrons. The molecule has 1 amide bonds. The van der Waals surface area contributed by atoms with Crippen LogP contribution in [0.1, 0.15) is 32.3 Å². The van der Waals surface area contributed by atoms with Gasteiger partial charge in [-0.25, -0.2) is 0 Å². The number of carbonyl (C=O) groups is 1. The molecule has 0 fully saturated rings. The predicted octanol–water partition coefficient (Wildman–Crippen LogP) is 2.90. The number of aliphatic hydroxyl groups is 1. The van der Waals surface area contributed by atoms with E-state index >= 15 is 0 Å². The van der Waals surface area contributed by atoms with E-state index in [1.165, 1.54) is 0 Å². The van der Waals surface area contributed by atoms with Gasteiger partial charge in [0, 0.05) is 25.6 Å². The standard InChI is InChI=1S/C16H24ClNO3/c1-12(2)18(9-4-10-19)16(20)8-6-13-5-7-15(21-3)14(17)11-13/h5,7,11-12,19H,4,6,8-10H2,1-3H3. The molecule has 118 valence electrons. The summed E-state index contributed by atoms with van der Waals surface area (Å²) in [7, 11) is 1.58. The Morgan fingerprint density at radius 3 is 2.67 bits per heavy atom. The van der Waals surface area contributed by atoms with E-state index < -0.39 is 0 Å². The number of hydrogen-bond acceptors (Lipinski definition) is 3. The molecular weight excluding hydrogens is 290 g/mol. The molecule has 0 saturated heterocycles. The minimum atomic E-state index is 0.102. The summed E-state index contributed by atoms with van der Waals surface area (Å²) in [5.41, 5.74) is 1.01. The van der Waals surface area contributed by atoms with Gasteiger partial charge >= 0.3 is 0 Å². The molecule has 0 spiro atoms. The Hall–Kier alpha value is -1.26. The maximum atomic E-state index is 12.3. The number of rotatable bonds is 8. The van der Waals surface area contributed by atoms with Gasteiger partial charge in [-0.3, -0.25) is 4.79 Å². The summed E-state index contributed by atoms with van der Waals surface area (Å²) in [5.74, 6) is 0.740. The van der Waals surface area contributed by atoms with Crippen LogP contribution in [0.3, 0.4) is 0 Å². The molecule has 1 N–H and O–H groups in total. The Kier molecular flexibility index (Phi) is 7.54. The Morgan fingerprint density at radius 2 is 2.14 bits per heavy atom. The number of amides is 1. The van der Waals surface area contributed by atoms with Gasteiger partial charge < -0.3 is 14.7 Å². The number of benzene rings is 1. The second-order valence-electron chi connectivity index (χ2n) is 5.23. The third-order valence-corrected chi connectivity index (χ3v) is 3.64. The van der Waals surface area contributed by atoms with Crippen LogP contribution >= 0.6 is 11.6 Å². The van der Waals surface area contributed by atoms with Crippen molar-refractivity contribution in [3.8, 4) is 5.75 Å². The molecule has 0 aliphatic heterocycles. The zero-order valence-electron chi connectivity index (χ0n) is 12.9. The van der Waals surface area contributed by atoms with Crippen LogP contribution in [0.4, 0.5) is 0 Å². The molecule has 21 heavy (non-hydrogen) atoms. The highest BCUT2D eigenvalue weighted by Gasteiger charge is 2.16. The van der Waals surface area contributed by atoms with Crippen molar-refractivity contribution in [2.75, 3.05) is 20.3 Å². The van der Waals surface area contributed by atoms with Gasteiger partial charge in [0.2, 0.25) is 5.91 Å². The summed E-state index contributed by atoms with van der Waals surface area (Å²) in [6, 6.07) is 5.71. The first-order valence-corrected chi connectivity index (χ1v) is 7.60. The lowest BCUT2D eigenvalue weighted by atomic mass is 10.1. The fourth-order valence-corrected chi connectivity index (χ4v) is 2.45. The topological polar surface area (TPSA) is 49.8 Å². The smallest absolute Gasteiger partial charge is 0.223 e. The average molecular weight is 314 g/mol. The number of hydrogen-bond donors (Lipinski definition) is 1. The number of methoxy groups -OCH3 is 1. The highest BCUT2D eigenvalue weighted by atomic mass is 35.5. The van der Waals surface area contributed by atoms with Crippen molar-refractivity contribution in [3.05, 3.63) is 28.8 Å². The molecule has 0 atom stereocenters. The van der Waals surface area contributed by atoms with Crippen molar-refractivity contribution in [3.63, 3.8) is 0 Å². The summed E-state index contributed by atoms with van der Waals surface area (Å²) in [5, 5.41) is 9.46. The van der Waals surface area contributed by atoms with E-state index in [0.29, 0.717) is 36.6 Å². The molecule has 4 nitrogen and oxygen atoms in total. The second kappa shape index (κ2) is 8.90. The summed E-state index contributed by atoms with van der Waals surface area (Å²) in [4.78, 5) is 14.1. The van der Waals surface area contributed by atoms with E-state index in [0.717, 1.165) is 5.56 Å². The first-order chi connectivity index (χ1) is 9.99. The lowest BCUT2D eigenvalue weighted by molar-refractivity contribution is -0.133. The molecule has 1 rings (SSSR count). The van der Waals surface area contributed by atoms with Gasteiger partial charge in [0.1, 0.15) is 5.75 Å². The lowest BCUT2D eigenvalue weighted by Gasteiger charge is -2.26. The van der Waals surface area contributed by atoms with Gasteiger partial charge in [-0.05, 0) is 44.4 Å². The van der Waals surface area contributed by atoms with Gasteiger partial charge in [0.25, 0.3) is 0 Å². The second-order valence-corrected chi connectivity index (χ2v) is 5.63. The average Bonchev–Trinajstić information content (AvgIpc) is 2.45. The van der Waals surface area contributed by atoms with Gasteiger partial charge in [0.15, 0.2) is 0 Å². The van der Waals surface area contributed by atoms with Crippen LogP contribution in [0.5, 0.6) is 5.75 Å². The minimum Gasteiger partial charge on any atom is -0.495 e. The monoisotopic (exact) mass is 313 g/mol. The molecule has 1 aromatic carbocycles. The zero-order chi connectivity index (χ0) is 15.8. The summed E-state index contributed by atoms with van der Waals surface area (Å²) < 4.78 is 5.11. The normalized spacial score (nSPS) is 10.8. The van der Waals surface area contributed by atoms with E-state index in [1.54, 1.807) is 12.0 Å². The largest absolute Gasteiger partial charge is 0.495 e. The van der Waals surface area contributed by atoms with Crippen molar-refractivity contribution in [2.45, 2.75) is 39.2 Å². The summed E-state index contributed by atoms with van der Waals surface area (Å²) in [6.07, 6.45) is 1.69. The SMILES string of the molecule is COc1ccc(CCC(=O)N(CCCO)C(C)C)cc1Cl. The number of aryl methyl sites for hydroxylation is 1. The van der Waals surface area contributed by atoms with E-state index in [9.17, 15) is 4.79 Å². The van der Waals surface area contributed by atoms with Crippen LogP contribution < -0.4 is 4.74 Å². The van der Waals surface area contributed by atoms with Gasteiger partial charge in [-0.2, -0.15) is 0 Å². The van der Waals surface area contributed by atoms with E-state index in [1.807, 2.05) is 32.0 Å². The lowest BCUT2D eigenvalue weighted by Crippen LogP contribution is -2.38. The Bertz CT molecular complexity index is 463. The molecule has 5 heteroatoms. The molecule has 0 unspecified atom stereocenters. The Balaban J connectivity index is 2.60. The van der Waals surface area contributed by atoms with Crippen LogP contribution in [-0.2, 0) is 11.2 Å². The molecule has 0 heterocycles. The van der Waals surface area contributed by atoms with E-state index in [4.69, 9.17) is 21.4 Å². The van der Waals surface area contributed by atoms with Gasteiger partial charge in [-0.15, -0.1) is 0 Å². The summed E-state index contributed by atoms with van der Waals surface area (Å²) in [6.45, 7) is 4.67. The molecule has 0 aliphatic rings. The number of carbonyl (C=O) groups excluding carboxylic acids is 1. The first kappa shape index (κ1) is 17.8. The molecule has 1 aromatic rings. The fraction of sp³-hybridized carbons (Fsp3) is 0.562. The number of aliphatic hydroxyl groups excluding tert-OH is 1. The predicted molar refractivity (Wildman–Crippen MR) is 84.9 cm³/mol. The van der Waals surface area contributed by atoms with Crippen LogP contribution in [0.25, 0.3) is 0 Å². The van der Waals surface area contributed by atoms with Crippen molar-refractivity contribution < 1.29 is 14.6 Å². The van der Waals surface area contributed by atoms with Crippen molar-refractivity contribution in [1.82, 2.24) is 4.90 Å². The van der Waals surface area contributed by atoms with Crippen molar-refractivity contribution >= 4 is 17.5 Å². The van der Waals surface area contributed by atoms with Crippen molar-refractivity contribution in [2.24, 2.45) is 0 Å². The molecular formula is C16H24ClNO3. The Morgan fingerprint density at radius 1 is 1.43 bits per heavy atom. The molecule has 0 bridgehead atoms. The quantitative estimate of drug-likeness (QED) is 0.803. The third-order valence-electron chi connectivity index (χ3n) is 3.34. The van der Waals surface area contributed by atoms with Crippen LogP contribution in [0, 0.1) is 0 Å². The third kappa shape index (κ3) is 5.56. The number of nitrogens with zero attached hydrogens (tertiary/aromatic N) is 1. The van der Waals surface area contributed by atoms with Crippen molar-refractivity contribution in [1.29, 1.82) is 0 Å². The maximum absolute atomic E-state index is 12.3.